The molecule has 6 heteroatoms. The van der Waals surface area contributed by atoms with Crippen molar-refractivity contribution in [3.05, 3.63) is 52.8 Å². The fourth-order valence-corrected chi connectivity index (χ4v) is 2.82. The lowest BCUT2D eigenvalue weighted by molar-refractivity contribution is -0.141. The topological polar surface area (TPSA) is 84.2 Å². The van der Waals surface area contributed by atoms with Crippen LogP contribution in [-0.2, 0) is 22.6 Å². The van der Waals surface area contributed by atoms with E-state index >= 15 is 0 Å². The Bertz CT molecular complexity index is 751. The van der Waals surface area contributed by atoms with Gasteiger partial charge < -0.3 is 10.4 Å². The maximum atomic E-state index is 12.4. The minimum atomic E-state index is -1.08. The molecule has 2 N–H and O–H groups in total. The number of amides is 1. The first-order valence-electron chi connectivity index (χ1n) is 8.39. The highest BCUT2D eigenvalue weighted by Crippen LogP contribution is 2.17. The lowest BCUT2D eigenvalue weighted by Crippen LogP contribution is -2.34. The highest BCUT2D eigenvalue weighted by molar-refractivity contribution is 5.86. The third-order valence-corrected chi connectivity index (χ3v) is 4.09. The second-order valence-electron chi connectivity index (χ2n) is 6.65. The van der Waals surface area contributed by atoms with Crippen molar-refractivity contribution in [2.45, 2.75) is 46.7 Å². The predicted molar refractivity (Wildman–Crippen MR) is 95.2 cm³/mol. The Hall–Kier alpha value is -2.63. The quantitative estimate of drug-likeness (QED) is 0.809. The van der Waals surface area contributed by atoms with Crippen molar-refractivity contribution in [2.24, 2.45) is 5.92 Å². The number of aliphatic carboxylic acids is 1. The highest BCUT2D eigenvalue weighted by Gasteiger charge is 2.23. The van der Waals surface area contributed by atoms with Crippen molar-refractivity contribution in [2.75, 3.05) is 0 Å². The molecule has 1 heterocycles. The number of carbonyl (C=O) groups is 2. The van der Waals surface area contributed by atoms with Crippen molar-refractivity contribution in [1.29, 1.82) is 0 Å². The van der Waals surface area contributed by atoms with Crippen LogP contribution in [0.1, 0.15) is 42.4 Å². The molecule has 0 unspecified atom stereocenters. The summed E-state index contributed by atoms with van der Waals surface area (Å²) in [4.78, 5) is 23.9. The molecular weight excluding hydrogens is 318 g/mol. The van der Waals surface area contributed by atoms with Crippen LogP contribution in [0.5, 0.6) is 0 Å². The first-order chi connectivity index (χ1) is 11.8. The molecule has 6 nitrogen and oxygen atoms in total. The van der Waals surface area contributed by atoms with E-state index in [4.69, 9.17) is 0 Å². The SMILES string of the molecule is Cc1nn(CC(C)C)c(C)c1CC(=O)N[C@@H](C(=O)O)c1ccccc1. The average Bonchev–Trinajstić information content (AvgIpc) is 2.80. The van der Waals surface area contributed by atoms with Crippen LogP contribution in [0.15, 0.2) is 30.3 Å². The third kappa shape index (κ3) is 4.68. The fraction of sp³-hybridized carbons (Fsp3) is 0.421. The minimum Gasteiger partial charge on any atom is -0.479 e. The van der Waals surface area contributed by atoms with E-state index in [1.807, 2.05) is 18.5 Å². The molecule has 0 radical (unpaired) electrons. The number of aromatic nitrogens is 2. The maximum Gasteiger partial charge on any atom is 0.330 e. The van der Waals surface area contributed by atoms with E-state index in [0.717, 1.165) is 23.5 Å². The first-order valence-corrected chi connectivity index (χ1v) is 8.39. The van der Waals surface area contributed by atoms with E-state index in [0.29, 0.717) is 11.5 Å². The smallest absolute Gasteiger partial charge is 0.330 e. The van der Waals surface area contributed by atoms with Gasteiger partial charge in [0.15, 0.2) is 6.04 Å². The number of nitrogens with zero attached hydrogens (tertiary/aromatic N) is 2. The van der Waals surface area contributed by atoms with Crippen LogP contribution in [0.3, 0.4) is 0 Å². The normalized spacial score (nSPS) is 12.2. The molecule has 1 aromatic heterocycles. The zero-order valence-electron chi connectivity index (χ0n) is 15.1. The highest BCUT2D eigenvalue weighted by atomic mass is 16.4. The van der Waals surface area contributed by atoms with Crippen LogP contribution in [0.25, 0.3) is 0 Å². The van der Waals surface area contributed by atoms with E-state index < -0.39 is 12.0 Å². The second kappa shape index (κ2) is 7.96. The minimum absolute atomic E-state index is 0.117. The number of hydrogen-bond donors (Lipinski definition) is 2. The van der Waals surface area contributed by atoms with Gasteiger partial charge in [-0.1, -0.05) is 44.2 Å². The third-order valence-electron chi connectivity index (χ3n) is 4.09. The number of benzene rings is 1. The van der Waals surface area contributed by atoms with E-state index in [9.17, 15) is 14.7 Å². The van der Waals surface area contributed by atoms with Crippen molar-refractivity contribution in [3.8, 4) is 0 Å². The molecule has 0 aliphatic carbocycles. The van der Waals surface area contributed by atoms with Crippen LogP contribution in [0.4, 0.5) is 0 Å². The van der Waals surface area contributed by atoms with Crippen molar-refractivity contribution < 1.29 is 14.7 Å². The molecule has 0 fully saturated rings. The number of nitrogens with one attached hydrogen (secondary N) is 1. The first kappa shape index (κ1) is 18.7. The molecule has 2 rings (SSSR count). The predicted octanol–water partition coefficient (Wildman–Crippen LogP) is 2.64. The number of carboxylic acids is 1. The van der Waals surface area contributed by atoms with Gasteiger partial charge in [-0.3, -0.25) is 9.48 Å². The summed E-state index contributed by atoms with van der Waals surface area (Å²) in [5.41, 5.74) is 3.16. The van der Waals surface area contributed by atoms with Gasteiger partial charge in [0, 0.05) is 17.8 Å². The van der Waals surface area contributed by atoms with Crippen molar-refractivity contribution in [1.82, 2.24) is 15.1 Å². The summed E-state index contributed by atoms with van der Waals surface area (Å²) < 4.78 is 1.91. The van der Waals surface area contributed by atoms with Gasteiger partial charge >= 0.3 is 5.97 Å². The molecule has 1 atom stereocenters. The largest absolute Gasteiger partial charge is 0.479 e. The zero-order valence-corrected chi connectivity index (χ0v) is 15.1. The van der Waals surface area contributed by atoms with E-state index in [1.54, 1.807) is 30.3 Å². The van der Waals surface area contributed by atoms with Crippen LogP contribution < -0.4 is 5.32 Å². The Kier molecular flexibility index (Phi) is 5.96. The Morgan fingerprint density at radius 2 is 1.84 bits per heavy atom. The molecule has 1 amide bonds. The molecule has 0 aliphatic heterocycles. The number of aryl methyl sites for hydroxylation is 1. The van der Waals surface area contributed by atoms with Gasteiger partial charge in [-0.05, 0) is 25.3 Å². The van der Waals surface area contributed by atoms with Gasteiger partial charge in [0.05, 0.1) is 12.1 Å². The van der Waals surface area contributed by atoms with Crippen LogP contribution in [0.2, 0.25) is 0 Å². The molecule has 0 aliphatic rings. The molecule has 2 aromatic rings. The van der Waals surface area contributed by atoms with Gasteiger partial charge in [-0.25, -0.2) is 4.79 Å². The van der Waals surface area contributed by atoms with Crippen molar-refractivity contribution in [3.63, 3.8) is 0 Å². The van der Waals surface area contributed by atoms with Gasteiger partial charge in [-0.15, -0.1) is 0 Å². The Balaban J connectivity index is 2.14. The zero-order chi connectivity index (χ0) is 18.6. The monoisotopic (exact) mass is 343 g/mol. The number of rotatable bonds is 7. The number of carbonyl (C=O) groups excluding carboxylic acids is 1. The van der Waals surface area contributed by atoms with Crippen LogP contribution in [0, 0.1) is 19.8 Å². The van der Waals surface area contributed by atoms with Gasteiger partial charge in [0.1, 0.15) is 0 Å². The summed E-state index contributed by atoms with van der Waals surface area (Å²) in [6.45, 7) is 8.82. The van der Waals surface area contributed by atoms with E-state index in [-0.39, 0.29) is 12.3 Å². The summed E-state index contributed by atoms with van der Waals surface area (Å²) in [5, 5.41) is 16.5. The number of hydrogen-bond acceptors (Lipinski definition) is 3. The summed E-state index contributed by atoms with van der Waals surface area (Å²) in [6, 6.07) is 7.63. The maximum absolute atomic E-state index is 12.4. The summed E-state index contributed by atoms with van der Waals surface area (Å²) in [6.07, 6.45) is 0.117. The lowest BCUT2D eigenvalue weighted by atomic mass is 10.1. The molecule has 0 saturated carbocycles. The Morgan fingerprint density at radius 3 is 2.40 bits per heavy atom. The summed E-state index contributed by atoms with van der Waals surface area (Å²) >= 11 is 0. The lowest BCUT2D eigenvalue weighted by Gasteiger charge is -2.15. The van der Waals surface area contributed by atoms with Gasteiger partial charge in [0.2, 0.25) is 5.91 Å². The molecule has 134 valence electrons. The summed E-state index contributed by atoms with van der Waals surface area (Å²) in [7, 11) is 0. The Labute approximate surface area is 147 Å². The van der Waals surface area contributed by atoms with Crippen LogP contribution in [-0.4, -0.2) is 26.8 Å². The molecule has 25 heavy (non-hydrogen) atoms. The average molecular weight is 343 g/mol. The second-order valence-corrected chi connectivity index (χ2v) is 6.65. The van der Waals surface area contributed by atoms with E-state index in [1.165, 1.54) is 0 Å². The molecule has 0 saturated heterocycles. The molecule has 0 bridgehead atoms. The van der Waals surface area contributed by atoms with Crippen molar-refractivity contribution >= 4 is 11.9 Å². The van der Waals surface area contributed by atoms with Gasteiger partial charge in [0.25, 0.3) is 0 Å². The van der Waals surface area contributed by atoms with E-state index in [2.05, 4.69) is 24.3 Å². The Morgan fingerprint density at radius 1 is 1.20 bits per heavy atom. The molecule has 0 spiro atoms. The molecular formula is C19H25N3O3. The standard InChI is InChI=1S/C19H25N3O3/c1-12(2)11-22-14(4)16(13(3)21-22)10-17(23)20-18(19(24)25)15-8-6-5-7-9-15/h5-9,12,18H,10-11H2,1-4H3,(H,20,23)(H,24,25)/t18-/m1/s1. The molecule has 1 aromatic carbocycles. The number of carboxylic acid groups (broad SMARTS) is 1. The fourth-order valence-electron chi connectivity index (χ4n) is 2.82. The summed E-state index contributed by atoms with van der Waals surface area (Å²) in [5.74, 6) is -0.954. The van der Waals surface area contributed by atoms with Gasteiger partial charge in [-0.2, -0.15) is 5.10 Å². The van der Waals surface area contributed by atoms with Crippen LogP contribution >= 0.6 is 0 Å².